The van der Waals surface area contributed by atoms with Crippen LogP contribution < -0.4 is 0 Å². The standard InChI is InChI=1S/C42H24N4S/c1-2-11-27-22-36-34(21-26(27)10-1)32-19-17-25-9-3-4-12-29(25)41(32)46(36)39-24-43-42-40(44-39)33-14-5-7-15-35(33)45(42)28-18-20-31-30-13-6-8-16-37(30)47-38(31)23-28/h1-24H. The van der Waals surface area contributed by atoms with Gasteiger partial charge in [0.05, 0.1) is 22.7 Å². The molecule has 4 nitrogen and oxygen atoms in total. The number of aromatic nitrogens is 4. The first-order valence-corrected chi connectivity index (χ1v) is 16.6. The monoisotopic (exact) mass is 616 g/mol. The van der Waals surface area contributed by atoms with Gasteiger partial charge in [-0.2, -0.15) is 0 Å². The normalized spacial score (nSPS) is 12.3. The highest BCUT2D eigenvalue weighted by molar-refractivity contribution is 7.25. The van der Waals surface area contributed by atoms with Gasteiger partial charge in [0.1, 0.15) is 5.52 Å². The van der Waals surface area contributed by atoms with Gasteiger partial charge in [-0.05, 0) is 52.6 Å². The van der Waals surface area contributed by atoms with Crippen molar-refractivity contribution in [2.75, 3.05) is 0 Å². The Morgan fingerprint density at radius 2 is 1.17 bits per heavy atom. The van der Waals surface area contributed by atoms with Gasteiger partial charge in [0.2, 0.25) is 0 Å². The van der Waals surface area contributed by atoms with Crippen molar-refractivity contribution >= 4 is 96.9 Å². The molecule has 0 N–H and O–H groups in total. The predicted molar refractivity (Wildman–Crippen MR) is 199 cm³/mol. The van der Waals surface area contributed by atoms with Crippen LogP contribution in [0.4, 0.5) is 0 Å². The molecule has 0 fully saturated rings. The lowest BCUT2D eigenvalue weighted by Crippen LogP contribution is -2.01. The molecule has 4 heterocycles. The molecule has 0 aliphatic heterocycles. The number of nitrogens with zero attached hydrogens (tertiary/aromatic N) is 4. The largest absolute Gasteiger partial charge is 0.292 e. The Morgan fingerprint density at radius 3 is 2.06 bits per heavy atom. The fourth-order valence-electron chi connectivity index (χ4n) is 7.62. The molecule has 0 aliphatic carbocycles. The van der Waals surface area contributed by atoms with Crippen molar-refractivity contribution in [2.45, 2.75) is 0 Å². The number of hydrogen-bond acceptors (Lipinski definition) is 3. The van der Waals surface area contributed by atoms with Crippen molar-refractivity contribution in [1.82, 2.24) is 19.1 Å². The summed E-state index contributed by atoms with van der Waals surface area (Å²) in [5.74, 6) is 0.812. The van der Waals surface area contributed by atoms with Gasteiger partial charge in [0.15, 0.2) is 11.5 Å². The Labute approximate surface area is 272 Å². The van der Waals surface area contributed by atoms with Gasteiger partial charge in [-0.15, -0.1) is 11.3 Å². The zero-order valence-corrected chi connectivity index (χ0v) is 25.9. The number of thiophene rings is 1. The summed E-state index contributed by atoms with van der Waals surface area (Å²) in [6.07, 6.45) is 1.95. The van der Waals surface area contributed by atoms with Gasteiger partial charge < -0.3 is 0 Å². The van der Waals surface area contributed by atoms with Crippen molar-refractivity contribution in [1.29, 1.82) is 0 Å². The zero-order valence-electron chi connectivity index (χ0n) is 25.1. The molecule has 5 heteroatoms. The van der Waals surface area contributed by atoms with E-state index in [2.05, 4.69) is 149 Å². The smallest absolute Gasteiger partial charge is 0.164 e. The Kier molecular flexibility index (Phi) is 4.96. The molecular weight excluding hydrogens is 593 g/mol. The summed E-state index contributed by atoms with van der Waals surface area (Å²) in [6, 6.07) is 50.3. The fourth-order valence-corrected chi connectivity index (χ4v) is 8.76. The molecule has 0 atom stereocenters. The Bertz CT molecular complexity index is 3090. The second-order valence-electron chi connectivity index (χ2n) is 12.3. The topological polar surface area (TPSA) is 35.6 Å². The summed E-state index contributed by atoms with van der Waals surface area (Å²) in [5.41, 5.74) is 6.21. The summed E-state index contributed by atoms with van der Waals surface area (Å²) in [4.78, 5) is 10.7. The summed E-state index contributed by atoms with van der Waals surface area (Å²) < 4.78 is 7.16. The lowest BCUT2D eigenvalue weighted by molar-refractivity contribution is 1.06. The molecule has 11 aromatic rings. The minimum Gasteiger partial charge on any atom is -0.292 e. The Morgan fingerprint density at radius 1 is 0.468 bits per heavy atom. The van der Waals surface area contributed by atoms with Crippen LogP contribution >= 0.6 is 11.3 Å². The summed E-state index contributed by atoms with van der Waals surface area (Å²) >= 11 is 1.84. The van der Waals surface area contributed by atoms with Crippen molar-refractivity contribution in [2.24, 2.45) is 0 Å². The quantitative estimate of drug-likeness (QED) is 0.194. The van der Waals surface area contributed by atoms with E-state index < -0.39 is 0 Å². The maximum atomic E-state index is 5.46. The maximum Gasteiger partial charge on any atom is 0.164 e. The van der Waals surface area contributed by atoms with Crippen molar-refractivity contribution in [3.63, 3.8) is 0 Å². The number of benzene rings is 7. The Balaban J connectivity index is 1.22. The van der Waals surface area contributed by atoms with E-state index in [1.54, 1.807) is 0 Å². The first-order chi connectivity index (χ1) is 23.3. The van der Waals surface area contributed by atoms with E-state index >= 15 is 0 Å². The van der Waals surface area contributed by atoms with Crippen LogP contribution in [0, 0.1) is 0 Å². The van der Waals surface area contributed by atoms with Crippen LogP contribution in [0.3, 0.4) is 0 Å². The highest BCUT2D eigenvalue weighted by atomic mass is 32.1. The van der Waals surface area contributed by atoms with Gasteiger partial charge in [0.25, 0.3) is 0 Å². The lowest BCUT2D eigenvalue weighted by atomic mass is 10.0. The molecule has 11 rings (SSSR count). The molecule has 0 spiro atoms. The molecule has 7 aromatic carbocycles. The van der Waals surface area contributed by atoms with Crippen LogP contribution in [0.25, 0.3) is 97.1 Å². The van der Waals surface area contributed by atoms with Gasteiger partial charge >= 0.3 is 0 Å². The second kappa shape index (κ2) is 9.25. The Hall–Kier alpha value is -6.04. The molecule has 0 unspecified atom stereocenters. The van der Waals surface area contributed by atoms with Gasteiger partial charge in [-0.3, -0.25) is 9.13 Å². The highest BCUT2D eigenvalue weighted by Crippen LogP contribution is 2.40. The van der Waals surface area contributed by atoms with Crippen molar-refractivity contribution < 1.29 is 0 Å². The minimum absolute atomic E-state index is 0.812. The first-order valence-electron chi connectivity index (χ1n) is 15.8. The van der Waals surface area contributed by atoms with Crippen molar-refractivity contribution in [3.8, 4) is 11.5 Å². The molecule has 0 aliphatic rings. The summed E-state index contributed by atoms with van der Waals surface area (Å²) in [7, 11) is 0. The SMILES string of the molecule is c1ccc2cc3c(cc2c1)c1ccc2ccccc2c1n3-c1cnc2c(n1)c1ccccc1n2-c1ccc2c(c1)sc1ccccc12. The van der Waals surface area contributed by atoms with E-state index in [1.807, 2.05) is 17.5 Å². The third-order valence-corrected chi connectivity index (χ3v) is 10.9. The number of hydrogen-bond donors (Lipinski definition) is 0. The van der Waals surface area contributed by atoms with E-state index in [1.165, 1.54) is 52.5 Å². The molecule has 4 aromatic heterocycles. The first kappa shape index (κ1) is 25.2. The van der Waals surface area contributed by atoms with Crippen LogP contribution in [0.1, 0.15) is 0 Å². The van der Waals surface area contributed by atoms with Crippen LogP contribution in [0.15, 0.2) is 146 Å². The van der Waals surface area contributed by atoms with E-state index in [0.29, 0.717) is 0 Å². The van der Waals surface area contributed by atoms with Crippen molar-refractivity contribution in [3.05, 3.63) is 146 Å². The van der Waals surface area contributed by atoms with Gasteiger partial charge in [-0.1, -0.05) is 103 Å². The maximum absolute atomic E-state index is 5.46. The minimum atomic E-state index is 0.812. The van der Waals surface area contributed by atoms with E-state index in [9.17, 15) is 0 Å². The van der Waals surface area contributed by atoms with Crippen LogP contribution in [-0.4, -0.2) is 19.1 Å². The number of para-hydroxylation sites is 1. The van der Waals surface area contributed by atoms with Crippen LogP contribution in [0.2, 0.25) is 0 Å². The number of fused-ring (bicyclic) bond motifs is 12. The molecule has 47 heavy (non-hydrogen) atoms. The van der Waals surface area contributed by atoms with E-state index in [4.69, 9.17) is 9.97 Å². The molecule has 0 saturated carbocycles. The average Bonchev–Trinajstić information content (AvgIpc) is 3.77. The second-order valence-corrected chi connectivity index (χ2v) is 13.4. The summed E-state index contributed by atoms with van der Waals surface area (Å²) in [5, 5.41) is 10.9. The third kappa shape index (κ3) is 3.46. The molecule has 0 amide bonds. The van der Waals surface area contributed by atoms with E-state index in [0.717, 1.165) is 44.6 Å². The van der Waals surface area contributed by atoms with Gasteiger partial charge in [0, 0.05) is 47.4 Å². The lowest BCUT2D eigenvalue weighted by Gasteiger charge is -2.10. The number of rotatable bonds is 2. The fraction of sp³-hybridized carbons (Fsp3) is 0. The predicted octanol–water partition coefficient (Wildman–Crippen LogP) is 11.3. The van der Waals surface area contributed by atoms with Gasteiger partial charge in [-0.25, -0.2) is 9.97 Å². The summed E-state index contributed by atoms with van der Waals surface area (Å²) in [6.45, 7) is 0. The van der Waals surface area contributed by atoms with Crippen LogP contribution in [-0.2, 0) is 0 Å². The average molecular weight is 617 g/mol. The molecule has 0 bridgehead atoms. The molecular formula is C42H24N4S. The zero-order chi connectivity index (χ0) is 30.6. The molecule has 218 valence electrons. The highest BCUT2D eigenvalue weighted by Gasteiger charge is 2.20. The molecule has 0 radical (unpaired) electrons. The van der Waals surface area contributed by atoms with E-state index in [-0.39, 0.29) is 0 Å². The van der Waals surface area contributed by atoms with Crippen LogP contribution in [0.5, 0.6) is 0 Å². The third-order valence-electron chi connectivity index (χ3n) is 9.72. The molecule has 0 saturated heterocycles.